The van der Waals surface area contributed by atoms with Crippen molar-refractivity contribution in [3.05, 3.63) is 35.7 Å². The minimum absolute atomic E-state index is 0.0116. The quantitative estimate of drug-likeness (QED) is 0.404. The maximum Gasteiger partial charge on any atom is 0.297 e. The lowest BCUT2D eigenvalue weighted by atomic mass is 9.95. The van der Waals surface area contributed by atoms with E-state index in [1.54, 1.807) is 17.9 Å². The molecular weight excluding hydrogens is 498 g/mol. The van der Waals surface area contributed by atoms with Gasteiger partial charge in [-0.2, -0.15) is 10.1 Å². The summed E-state index contributed by atoms with van der Waals surface area (Å²) in [5, 5.41) is 6.86. The Bertz CT molecular complexity index is 1240. The lowest BCUT2D eigenvalue weighted by Gasteiger charge is -2.29. The van der Waals surface area contributed by atoms with Crippen LogP contribution in [0.1, 0.15) is 43.0 Å². The van der Waals surface area contributed by atoms with Crippen molar-refractivity contribution in [2.75, 3.05) is 13.2 Å². The first-order valence-electron chi connectivity index (χ1n) is 12.0. The Morgan fingerprint density at radius 3 is 2.51 bits per heavy atom. The van der Waals surface area contributed by atoms with Gasteiger partial charge in [-0.25, -0.2) is 17.6 Å². The van der Waals surface area contributed by atoms with E-state index in [2.05, 4.69) is 15.4 Å². The summed E-state index contributed by atoms with van der Waals surface area (Å²) < 4.78 is 73.6. The molecule has 0 bridgehead atoms. The molecule has 1 N–H and O–H groups in total. The Hall–Kier alpha value is -3.35. The maximum absolute atomic E-state index is 14.8. The third-order valence-corrected chi connectivity index (χ3v) is 6.15. The first kappa shape index (κ1) is 26.7. The molecule has 1 amide bonds. The maximum atomic E-state index is 14.8. The number of carbonyl (C=O) groups is 1. The average Bonchev–Trinajstić information content (AvgIpc) is 3.44. The second-order valence-electron chi connectivity index (χ2n) is 9.15. The highest BCUT2D eigenvalue weighted by molar-refractivity contribution is 5.93. The van der Waals surface area contributed by atoms with Gasteiger partial charge >= 0.3 is 0 Å². The topological polar surface area (TPSA) is 92.4 Å². The van der Waals surface area contributed by atoms with Gasteiger partial charge in [0, 0.05) is 32.4 Å². The van der Waals surface area contributed by atoms with Crippen molar-refractivity contribution in [3.8, 4) is 11.8 Å². The van der Waals surface area contributed by atoms with Crippen LogP contribution in [0.2, 0.25) is 0 Å². The Labute approximate surface area is 210 Å². The SMILES string of the molecule is C[C@@H](COC1CCC(Oc2nc3c(F)cc(OCC(F)F)c(F)c3n2C)CC1)NC(=O)c1cnn(C)c1. The summed E-state index contributed by atoms with van der Waals surface area (Å²) in [5.74, 6) is -2.70. The van der Waals surface area contributed by atoms with E-state index in [1.165, 1.54) is 17.8 Å². The van der Waals surface area contributed by atoms with Gasteiger partial charge < -0.3 is 19.5 Å². The van der Waals surface area contributed by atoms with Crippen molar-refractivity contribution >= 4 is 16.9 Å². The summed E-state index contributed by atoms with van der Waals surface area (Å²) in [6.07, 6.45) is 2.74. The third kappa shape index (κ3) is 6.32. The van der Waals surface area contributed by atoms with Gasteiger partial charge in [-0.1, -0.05) is 0 Å². The van der Waals surface area contributed by atoms with Crippen LogP contribution < -0.4 is 14.8 Å². The van der Waals surface area contributed by atoms with Crippen molar-refractivity contribution in [1.29, 1.82) is 0 Å². The number of benzene rings is 1. The van der Waals surface area contributed by atoms with Crippen LogP contribution in [0.4, 0.5) is 17.6 Å². The molecule has 1 aromatic carbocycles. The number of alkyl halides is 2. The third-order valence-electron chi connectivity index (χ3n) is 6.15. The summed E-state index contributed by atoms with van der Waals surface area (Å²) in [6.45, 7) is 1.16. The molecule has 2 heterocycles. The van der Waals surface area contributed by atoms with Crippen LogP contribution in [0.5, 0.6) is 11.8 Å². The molecule has 0 saturated heterocycles. The van der Waals surface area contributed by atoms with E-state index in [1.807, 2.05) is 6.92 Å². The Morgan fingerprint density at radius 1 is 1.16 bits per heavy atom. The van der Waals surface area contributed by atoms with Gasteiger partial charge in [-0.05, 0) is 32.6 Å². The molecule has 1 aliphatic rings. The predicted molar refractivity (Wildman–Crippen MR) is 125 cm³/mol. The number of fused-ring (bicyclic) bond motifs is 1. The molecule has 4 rings (SSSR count). The molecule has 0 unspecified atom stereocenters. The zero-order valence-corrected chi connectivity index (χ0v) is 20.7. The summed E-state index contributed by atoms with van der Waals surface area (Å²) in [5.41, 5.74) is -0.0111. The van der Waals surface area contributed by atoms with Gasteiger partial charge in [0.05, 0.1) is 24.5 Å². The number of amides is 1. The van der Waals surface area contributed by atoms with E-state index in [-0.39, 0.29) is 41.2 Å². The number of carbonyl (C=O) groups excluding carboxylic acids is 1. The largest absolute Gasteiger partial charge is 0.484 e. The smallest absolute Gasteiger partial charge is 0.297 e. The van der Waals surface area contributed by atoms with E-state index in [4.69, 9.17) is 14.2 Å². The molecule has 0 aliphatic heterocycles. The van der Waals surface area contributed by atoms with Crippen LogP contribution in [0.25, 0.3) is 11.0 Å². The van der Waals surface area contributed by atoms with Crippen molar-refractivity contribution in [1.82, 2.24) is 24.6 Å². The van der Waals surface area contributed by atoms with E-state index in [0.29, 0.717) is 43.9 Å². The Balaban J connectivity index is 1.29. The van der Waals surface area contributed by atoms with Crippen LogP contribution in [0.15, 0.2) is 18.5 Å². The Kier molecular flexibility index (Phi) is 8.20. The van der Waals surface area contributed by atoms with Crippen molar-refractivity contribution < 1.29 is 36.6 Å². The molecule has 1 aliphatic carbocycles. The normalized spacial score (nSPS) is 18.8. The predicted octanol–water partition coefficient (Wildman–Crippen LogP) is 3.75. The molecule has 1 atom stereocenters. The molecule has 13 heteroatoms. The number of rotatable bonds is 10. The van der Waals surface area contributed by atoms with Crippen LogP contribution in [-0.4, -0.2) is 63.1 Å². The Morgan fingerprint density at radius 2 is 1.86 bits per heavy atom. The summed E-state index contributed by atoms with van der Waals surface area (Å²) in [7, 11) is 3.20. The molecule has 1 fully saturated rings. The molecule has 0 spiro atoms. The highest BCUT2D eigenvalue weighted by Gasteiger charge is 2.27. The second-order valence-corrected chi connectivity index (χ2v) is 9.15. The summed E-state index contributed by atoms with van der Waals surface area (Å²) >= 11 is 0. The zero-order valence-electron chi connectivity index (χ0n) is 20.7. The van der Waals surface area contributed by atoms with Gasteiger partial charge in [-0.15, -0.1) is 0 Å². The van der Waals surface area contributed by atoms with Crippen LogP contribution >= 0.6 is 0 Å². The van der Waals surface area contributed by atoms with Crippen LogP contribution in [0.3, 0.4) is 0 Å². The van der Waals surface area contributed by atoms with Crippen molar-refractivity contribution in [2.24, 2.45) is 14.1 Å². The fourth-order valence-electron chi connectivity index (χ4n) is 4.26. The van der Waals surface area contributed by atoms with E-state index in [0.717, 1.165) is 0 Å². The number of aromatic nitrogens is 4. The molecule has 202 valence electrons. The highest BCUT2D eigenvalue weighted by atomic mass is 19.3. The van der Waals surface area contributed by atoms with Gasteiger partial charge in [-0.3, -0.25) is 14.0 Å². The van der Waals surface area contributed by atoms with Gasteiger partial charge in [0.25, 0.3) is 18.3 Å². The fourth-order valence-corrected chi connectivity index (χ4v) is 4.26. The molecule has 3 aromatic rings. The van der Waals surface area contributed by atoms with E-state index >= 15 is 0 Å². The summed E-state index contributed by atoms with van der Waals surface area (Å²) in [6, 6.07) is 0.537. The number of nitrogens with one attached hydrogen (secondary N) is 1. The molecule has 0 radical (unpaired) electrons. The monoisotopic (exact) mass is 527 g/mol. The van der Waals surface area contributed by atoms with Crippen molar-refractivity contribution in [3.63, 3.8) is 0 Å². The number of ether oxygens (including phenoxy) is 3. The lowest BCUT2D eigenvalue weighted by Crippen LogP contribution is -2.38. The van der Waals surface area contributed by atoms with E-state index < -0.39 is 30.4 Å². The van der Waals surface area contributed by atoms with Gasteiger partial charge in [0.15, 0.2) is 17.4 Å². The standard InChI is InChI=1S/C24H29F4N5O4/c1-13(30-23(34)14-9-29-32(2)10-14)11-35-15-4-6-16(7-5-15)37-24-31-21-17(25)8-18(36-12-19(26)27)20(28)22(21)33(24)3/h8-10,13,15-16,19H,4-7,11-12H2,1-3H3,(H,30,34)/t13-,15?,16?/m0/s1. The minimum atomic E-state index is -2.82. The zero-order chi connectivity index (χ0) is 26.7. The average molecular weight is 528 g/mol. The van der Waals surface area contributed by atoms with E-state index in [9.17, 15) is 22.4 Å². The minimum Gasteiger partial charge on any atom is -0.484 e. The van der Waals surface area contributed by atoms with Gasteiger partial charge in [0.1, 0.15) is 23.7 Å². The molecule has 9 nitrogen and oxygen atoms in total. The molecule has 1 saturated carbocycles. The first-order chi connectivity index (χ1) is 17.6. The number of halogens is 4. The number of hydrogen-bond donors (Lipinski definition) is 1. The number of nitrogens with zero attached hydrogens (tertiary/aromatic N) is 4. The fraction of sp³-hybridized carbons (Fsp3) is 0.542. The van der Waals surface area contributed by atoms with Crippen LogP contribution in [-0.2, 0) is 18.8 Å². The van der Waals surface area contributed by atoms with Crippen LogP contribution in [0, 0.1) is 11.6 Å². The highest BCUT2D eigenvalue weighted by Crippen LogP contribution is 2.33. The summed E-state index contributed by atoms with van der Waals surface area (Å²) in [4.78, 5) is 16.3. The van der Waals surface area contributed by atoms with Gasteiger partial charge in [0.2, 0.25) is 0 Å². The second kappa shape index (κ2) is 11.4. The number of hydrogen-bond acceptors (Lipinski definition) is 6. The number of aryl methyl sites for hydroxylation is 2. The molecular formula is C24H29F4N5O4. The molecule has 37 heavy (non-hydrogen) atoms. The number of imidazole rings is 1. The first-order valence-corrected chi connectivity index (χ1v) is 12.0. The lowest BCUT2D eigenvalue weighted by molar-refractivity contribution is -0.00625. The van der Waals surface area contributed by atoms with Crippen molar-refractivity contribution in [2.45, 2.75) is 57.3 Å². The molecule has 2 aromatic heterocycles.